The summed E-state index contributed by atoms with van der Waals surface area (Å²) in [5.74, 6) is -1.03. The van der Waals surface area contributed by atoms with E-state index in [0.717, 1.165) is 0 Å². The van der Waals surface area contributed by atoms with Gasteiger partial charge in [-0.25, -0.2) is 9.59 Å². The van der Waals surface area contributed by atoms with Crippen molar-refractivity contribution in [2.24, 2.45) is 0 Å². The van der Waals surface area contributed by atoms with Gasteiger partial charge in [-0.3, -0.25) is 0 Å². The van der Waals surface area contributed by atoms with E-state index in [1.54, 1.807) is 48.5 Å². The quantitative estimate of drug-likeness (QED) is 0.807. The van der Waals surface area contributed by atoms with Gasteiger partial charge in [0.1, 0.15) is 18.1 Å². The molecule has 7 nitrogen and oxygen atoms in total. The minimum Gasteiger partial charge on any atom is -0.496 e. The summed E-state index contributed by atoms with van der Waals surface area (Å²) in [4.78, 5) is 25.5. The number of para-hydroxylation sites is 2. The Hall–Kier alpha value is -3.32. The number of aliphatic hydroxyl groups is 1. The summed E-state index contributed by atoms with van der Waals surface area (Å²) in [5, 5.41) is 11.7. The number of esters is 2. The Labute approximate surface area is 162 Å². The van der Waals surface area contributed by atoms with Gasteiger partial charge in [-0.1, -0.05) is 36.4 Å². The van der Waals surface area contributed by atoms with E-state index in [-0.39, 0.29) is 23.3 Å². The third-order valence-electron chi connectivity index (χ3n) is 4.59. The second-order valence-corrected chi connectivity index (χ2v) is 6.08. The van der Waals surface area contributed by atoms with E-state index in [2.05, 4.69) is 0 Å². The van der Waals surface area contributed by atoms with Crippen molar-refractivity contribution in [1.82, 2.24) is 0 Å². The molecule has 1 aliphatic heterocycles. The first kappa shape index (κ1) is 19.4. The molecule has 1 atom stereocenters. The molecule has 0 spiro atoms. The second kappa shape index (κ2) is 7.74. The van der Waals surface area contributed by atoms with Crippen molar-refractivity contribution in [1.29, 1.82) is 0 Å². The molecule has 1 aliphatic rings. The molecule has 28 heavy (non-hydrogen) atoms. The van der Waals surface area contributed by atoms with Crippen LogP contribution in [0.3, 0.4) is 0 Å². The van der Waals surface area contributed by atoms with Crippen molar-refractivity contribution < 1.29 is 33.6 Å². The summed E-state index contributed by atoms with van der Waals surface area (Å²) in [6.45, 7) is -0.338. The van der Waals surface area contributed by atoms with Crippen molar-refractivity contribution in [2.45, 2.75) is 5.60 Å². The van der Waals surface area contributed by atoms with Crippen LogP contribution in [0.25, 0.3) is 5.57 Å². The SMILES string of the molecule is COC(=O)C1=C(C(=O)OC)C(O)(c2ccccc2OC)COc2ccccc21. The number of fused-ring (bicyclic) bond motifs is 1. The van der Waals surface area contributed by atoms with E-state index in [1.165, 1.54) is 21.3 Å². The highest BCUT2D eigenvalue weighted by molar-refractivity contribution is 6.24. The van der Waals surface area contributed by atoms with Crippen LogP contribution >= 0.6 is 0 Å². The molecule has 0 amide bonds. The summed E-state index contributed by atoms with van der Waals surface area (Å²) in [6.07, 6.45) is 0. The maximum Gasteiger partial charge on any atom is 0.339 e. The molecule has 1 heterocycles. The lowest BCUT2D eigenvalue weighted by Gasteiger charge is -2.30. The van der Waals surface area contributed by atoms with E-state index < -0.39 is 17.5 Å². The molecular formula is C21H20O7. The molecule has 7 heteroatoms. The minimum atomic E-state index is -2.03. The number of hydrogen-bond acceptors (Lipinski definition) is 7. The fourth-order valence-electron chi connectivity index (χ4n) is 3.28. The molecule has 0 aliphatic carbocycles. The molecule has 2 aromatic rings. The van der Waals surface area contributed by atoms with E-state index in [1.807, 2.05) is 0 Å². The van der Waals surface area contributed by atoms with Crippen LogP contribution < -0.4 is 9.47 Å². The van der Waals surface area contributed by atoms with Crippen molar-refractivity contribution >= 4 is 17.5 Å². The van der Waals surface area contributed by atoms with Crippen molar-refractivity contribution in [2.75, 3.05) is 27.9 Å². The first-order valence-electron chi connectivity index (χ1n) is 8.47. The first-order valence-corrected chi connectivity index (χ1v) is 8.47. The number of methoxy groups -OCH3 is 3. The minimum absolute atomic E-state index is 0.129. The summed E-state index contributed by atoms with van der Waals surface area (Å²) >= 11 is 0. The third-order valence-corrected chi connectivity index (χ3v) is 4.59. The Morgan fingerprint density at radius 1 is 0.964 bits per heavy atom. The Balaban J connectivity index is 2.41. The van der Waals surface area contributed by atoms with E-state index in [4.69, 9.17) is 18.9 Å². The van der Waals surface area contributed by atoms with Crippen molar-refractivity contribution in [3.63, 3.8) is 0 Å². The smallest absolute Gasteiger partial charge is 0.339 e. The zero-order valence-electron chi connectivity index (χ0n) is 15.7. The van der Waals surface area contributed by atoms with Gasteiger partial charge in [0.05, 0.1) is 32.5 Å². The number of benzene rings is 2. The molecule has 0 saturated carbocycles. The molecule has 146 valence electrons. The number of rotatable bonds is 4. The first-order chi connectivity index (χ1) is 13.5. The molecule has 0 saturated heterocycles. The Morgan fingerprint density at radius 2 is 1.61 bits per heavy atom. The molecular weight excluding hydrogens is 364 g/mol. The van der Waals surface area contributed by atoms with Gasteiger partial charge in [-0.15, -0.1) is 0 Å². The molecule has 0 aromatic heterocycles. The van der Waals surface area contributed by atoms with Crippen LogP contribution in [-0.4, -0.2) is 45.0 Å². The number of hydrogen-bond donors (Lipinski definition) is 1. The van der Waals surface area contributed by atoms with Crippen LogP contribution in [0.1, 0.15) is 11.1 Å². The topological polar surface area (TPSA) is 91.3 Å². The van der Waals surface area contributed by atoms with Crippen LogP contribution in [0.2, 0.25) is 0 Å². The maximum absolute atomic E-state index is 12.8. The lowest BCUT2D eigenvalue weighted by Crippen LogP contribution is -2.39. The van der Waals surface area contributed by atoms with Crippen LogP contribution in [0.4, 0.5) is 0 Å². The normalized spacial score (nSPS) is 18.4. The zero-order valence-corrected chi connectivity index (χ0v) is 15.7. The average molecular weight is 384 g/mol. The maximum atomic E-state index is 12.8. The second-order valence-electron chi connectivity index (χ2n) is 6.08. The van der Waals surface area contributed by atoms with Gasteiger partial charge in [0.25, 0.3) is 0 Å². The van der Waals surface area contributed by atoms with Gasteiger partial charge in [0.2, 0.25) is 0 Å². The summed E-state index contributed by atoms with van der Waals surface area (Å²) in [7, 11) is 3.81. The highest BCUT2D eigenvalue weighted by Gasteiger charge is 2.47. The number of carbonyl (C=O) groups excluding carboxylic acids is 2. The molecule has 0 radical (unpaired) electrons. The van der Waals surface area contributed by atoms with Gasteiger partial charge in [-0.05, 0) is 12.1 Å². The van der Waals surface area contributed by atoms with Gasteiger partial charge in [-0.2, -0.15) is 0 Å². The highest BCUT2D eigenvalue weighted by atomic mass is 16.5. The molecule has 0 fully saturated rings. The molecule has 0 bridgehead atoms. The predicted octanol–water partition coefficient (Wildman–Crippen LogP) is 2.08. The van der Waals surface area contributed by atoms with Gasteiger partial charge < -0.3 is 24.1 Å². The van der Waals surface area contributed by atoms with Gasteiger partial charge in [0.15, 0.2) is 5.60 Å². The van der Waals surface area contributed by atoms with E-state index in [9.17, 15) is 14.7 Å². The number of carbonyl (C=O) groups is 2. The van der Waals surface area contributed by atoms with E-state index in [0.29, 0.717) is 17.1 Å². The summed E-state index contributed by atoms with van der Waals surface area (Å²) in [6, 6.07) is 13.3. The van der Waals surface area contributed by atoms with Crippen LogP contribution in [0.5, 0.6) is 11.5 Å². The fourth-order valence-corrected chi connectivity index (χ4v) is 3.28. The molecule has 3 rings (SSSR count). The number of ether oxygens (including phenoxy) is 4. The molecule has 2 aromatic carbocycles. The van der Waals surface area contributed by atoms with Crippen molar-refractivity contribution in [3.05, 3.63) is 65.2 Å². The Kier molecular flexibility index (Phi) is 5.37. The van der Waals surface area contributed by atoms with E-state index >= 15 is 0 Å². The van der Waals surface area contributed by atoms with Gasteiger partial charge >= 0.3 is 11.9 Å². The predicted molar refractivity (Wildman–Crippen MR) is 99.8 cm³/mol. The monoisotopic (exact) mass is 384 g/mol. The van der Waals surface area contributed by atoms with Gasteiger partial charge in [0, 0.05) is 11.1 Å². The zero-order chi connectivity index (χ0) is 20.3. The van der Waals surface area contributed by atoms with Crippen LogP contribution in [0.15, 0.2) is 54.1 Å². The summed E-state index contributed by atoms with van der Waals surface area (Å²) in [5.41, 5.74) is -1.86. The summed E-state index contributed by atoms with van der Waals surface area (Å²) < 4.78 is 21.0. The Bertz CT molecular complexity index is 947. The third kappa shape index (κ3) is 3.10. The van der Waals surface area contributed by atoms with Crippen molar-refractivity contribution in [3.8, 4) is 11.5 Å². The highest BCUT2D eigenvalue weighted by Crippen LogP contribution is 2.44. The largest absolute Gasteiger partial charge is 0.496 e. The lowest BCUT2D eigenvalue weighted by atomic mass is 9.82. The molecule has 1 N–H and O–H groups in total. The lowest BCUT2D eigenvalue weighted by molar-refractivity contribution is -0.140. The standard InChI is InChI=1S/C21H20O7/c1-25-16-11-7-5-9-14(16)21(24)12-28-15-10-6-4-8-13(15)17(19(22)26-2)18(21)20(23)27-3/h4-11,24H,12H2,1-3H3. The average Bonchev–Trinajstić information content (AvgIpc) is 2.88. The van der Waals surface area contributed by atoms with Crippen LogP contribution in [0, 0.1) is 0 Å². The Morgan fingerprint density at radius 3 is 2.29 bits per heavy atom. The molecule has 1 unspecified atom stereocenters. The fraction of sp³-hybridized carbons (Fsp3) is 0.238. The van der Waals surface area contributed by atoms with Crippen LogP contribution in [-0.2, 0) is 24.7 Å².